The van der Waals surface area contributed by atoms with Gasteiger partial charge in [-0.3, -0.25) is 0 Å². The standard InChI is InChI=1S/C11H14N4S/c1-6(2)8-7(3)14-10(15-11(8)16)9-12-4-5-13-9/h4-6H,1-3H3,(H,12,13)(H,14,15,16). The third-order valence-corrected chi connectivity index (χ3v) is 2.76. The third kappa shape index (κ3) is 1.90. The van der Waals surface area contributed by atoms with Crippen LogP contribution in [0.15, 0.2) is 12.4 Å². The van der Waals surface area contributed by atoms with Gasteiger partial charge in [0.15, 0.2) is 11.6 Å². The molecule has 2 aromatic rings. The Morgan fingerprint density at radius 2 is 2.06 bits per heavy atom. The maximum atomic E-state index is 5.30. The lowest BCUT2D eigenvalue weighted by Gasteiger charge is -2.10. The molecule has 0 bridgehead atoms. The number of aromatic nitrogens is 4. The predicted octanol–water partition coefficient (Wildman–Crippen LogP) is 2.96. The van der Waals surface area contributed by atoms with Crippen LogP contribution in [0, 0.1) is 11.6 Å². The van der Waals surface area contributed by atoms with Crippen LogP contribution in [0.1, 0.15) is 31.0 Å². The largest absolute Gasteiger partial charge is 0.342 e. The summed E-state index contributed by atoms with van der Waals surface area (Å²) in [7, 11) is 0. The molecular formula is C11H14N4S. The second-order valence-electron chi connectivity index (χ2n) is 4.02. The fourth-order valence-electron chi connectivity index (χ4n) is 1.78. The molecule has 0 unspecified atom stereocenters. The number of H-pyrrole nitrogens is 2. The van der Waals surface area contributed by atoms with E-state index in [1.54, 1.807) is 12.4 Å². The summed E-state index contributed by atoms with van der Waals surface area (Å²) in [6.07, 6.45) is 3.46. The highest BCUT2D eigenvalue weighted by atomic mass is 32.1. The van der Waals surface area contributed by atoms with Gasteiger partial charge in [0.05, 0.1) is 0 Å². The van der Waals surface area contributed by atoms with Gasteiger partial charge >= 0.3 is 0 Å². The fraction of sp³-hybridized carbons (Fsp3) is 0.364. The van der Waals surface area contributed by atoms with Crippen molar-refractivity contribution in [2.45, 2.75) is 26.7 Å². The van der Waals surface area contributed by atoms with Gasteiger partial charge in [0.1, 0.15) is 4.64 Å². The normalized spacial score (nSPS) is 11.0. The molecule has 2 heterocycles. The minimum Gasteiger partial charge on any atom is -0.342 e. The van der Waals surface area contributed by atoms with E-state index in [9.17, 15) is 0 Å². The van der Waals surface area contributed by atoms with Crippen molar-refractivity contribution < 1.29 is 0 Å². The third-order valence-electron chi connectivity index (χ3n) is 2.45. The molecule has 0 spiro atoms. The quantitative estimate of drug-likeness (QED) is 0.785. The van der Waals surface area contributed by atoms with Crippen molar-refractivity contribution in [3.8, 4) is 11.6 Å². The van der Waals surface area contributed by atoms with Crippen molar-refractivity contribution in [1.29, 1.82) is 0 Å². The number of imidazole rings is 1. The van der Waals surface area contributed by atoms with Gasteiger partial charge in [0.25, 0.3) is 0 Å². The fourth-order valence-corrected chi connectivity index (χ4v) is 2.26. The molecule has 0 aliphatic carbocycles. The highest BCUT2D eigenvalue weighted by Gasteiger charge is 2.10. The van der Waals surface area contributed by atoms with Crippen molar-refractivity contribution in [3.05, 3.63) is 28.3 Å². The van der Waals surface area contributed by atoms with E-state index in [1.165, 1.54) is 0 Å². The van der Waals surface area contributed by atoms with Crippen LogP contribution in [0.4, 0.5) is 0 Å². The molecule has 2 rings (SSSR count). The Bertz CT molecular complexity index is 540. The molecule has 84 valence electrons. The molecule has 0 saturated carbocycles. The lowest BCUT2D eigenvalue weighted by atomic mass is 10.0. The lowest BCUT2D eigenvalue weighted by Crippen LogP contribution is -2.02. The monoisotopic (exact) mass is 234 g/mol. The molecule has 0 aliphatic heterocycles. The van der Waals surface area contributed by atoms with Crippen LogP contribution in [-0.2, 0) is 0 Å². The molecule has 0 atom stereocenters. The minimum absolute atomic E-state index is 0.377. The van der Waals surface area contributed by atoms with E-state index in [-0.39, 0.29) is 0 Å². The predicted molar refractivity (Wildman–Crippen MR) is 65.8 cm³/mol. The molecule has 5 heteroatoms. The van der Waals surface area contributed by atoms with E-state index in [1.807, 2.05) is 6.92 Å². The van der Waals surface area contributed by atoms with Crippen LogP contribution in [0.3, 0.4) is 0 Å². The molecule has 16 heavy (non-hydrogen) atoms. The highest BCUT2D eigenvalue weighted by Crippen LogP contribution is 2.20. The van der Waals surface area contributed by atoms with E-state index in [4.69, 9.17) is 12.2 Å². The Hall–Kier alpha value is -1.49. The van der Waals surface area contributed by atoms with Gasteiger partial charge in [-0.15, -0.1) is 0 Å². The maximum Gasteiger partial charge on any atom is 0.175 e. The molecule has 0 saturated heterocycles. The average molecular weight is 234 g/mol. The number of hydrogen-bond donors (Lipinski definition) is 2. The van der Waals surface area contributed by atoms with Crippen molar-refractivity contribution >= 4 is 12.2 Å². The molecule has 2 aromatic heterocycles. The molecule has 0 fully saturated rings. The lowest BCUT2D eigenvalue weighted by molar-refractivity contribution is 0.823. The van der Waals surface area contributed by atoms with E-state index in [0.717, 1.165) is 11.3 Å². The van der Waals surface area contributed by atoms with Crippen LogP contribution in [-0.4, -0.2) is 19.9 Å². The number of hydrogen-bond acceptors (Lipinski definition) is 3. The van der Waals surface area contributed by atoms with Crippen molar-refractivity contribution in [2.24, 2.45) is 0 Å². The number of nitrogens with zero attached hydrogens (tertiary/aromatic N) is 2. The van der Waals surface area contributed by atoms with E-state index in [0.29, 0.717) is 22.2 Å². The van der Waals surface area contributed by atoms with Crippen molar-refractivity contribution in [1.82, 2.24) is 19.9 Å². The summed E-state index contributed by atoms with van der Waals surface area (Å²) in [5.74, 6) is 1.78. The van der Waals surface area contributed by atoms with Crippen molar-refractivity contribution in [2.75, 3.05) is 0 Å². The Morgan fingerprint density at radius 1 is 1.31 bits per heavy atom. The summed E-state index contributed by atoms with van der Waals surface area (Å²) >= 11 is 5.30. The Morgan fingerprint density at radius 3 is 2.56 bits per heavy atom. The van der Waals surface area contributed by atoms with Gasteiger partial charge in [-0.1, -0.05) is 26.1 Å². The first-order chi connectivity index (χ1) is 7.59. The van der Waals surface area contributed by atoms with Gasteiger partial charge in [0, 0.05) is 23.7 Å². The van der Waals surface area contributed by atoms with Crippen LogP contribution < -0.4 is 0 Å². The summed E-state index contributed by atoms with van der Waals surface area (Å²) < 4.78 is 0.651. The maximum absolute atomic E-state index is 5.30. The number of aromatic amines is 2. The molecular weight excluding hydrogens is 220 g/mol. The van der Waals surface area contributed by atoms with E-state index >= 15 is 0 Å². The Balaban J connectivity index is 2.58. The minimum atomic E-state index is 0.377. The molecule has 0 aromatic carbocycles. The van der Waals surface area contributed by atoms with E-state index < -0.39 is 0 Å². The summed E-state index contributed by atoms with van der Waals surface area (Å²) in [6.45, 7) is 6.24. The van der Waals surface area contributed by atoms with Gasteiger partial charge in [0.2, 0.25) is 0 Å². The molecule has 0 amide bonds. The van der Waals surface area contributed by atoms with Gasteiger partial charge in [-0.25, -0.2) is 9.97 Å². The Labute approximate surface area is 99.2 Å². The molecule has 0 aliphatic rings. The van der Waals surface area contributed by atoms with Crippen LogP contribution in [0.5, 0.6) is 0 Å². The number of aryl methyl sites for hydroxylation is 1. The highest BCUT2D eigenvalue weighted by molar-refractivity contribution is 7.71. The van der Waals surface area contributed by atoms with E-state index in [2.05, 4.69) is 33.8 Å². The molecule has 4 nitrogen and oxygen atoms in total. The van der Waals surface area contributed by atoms with Crippen LogP contribution in [0.25, 0.3) is 11.6 Å². The number of nitrogens with one attached hydrogen (secondary N) is 2. The zero-order valence-corrected chi connectivity index (χ0v) is 10.4. The molecule has 0 radical (unpaired) electrons. The average Bonchev–Trinajstić information content (AvgIpc) is 2.67. The summed E-state index contributed by atoms with van der Waals surface area (Å²) in [4.78, 5) is 14.7. The second kappa shape index (κ2) is 4.17. The first kappa shape index (κ1) is 11.0. The van der Waals surface area contributed by atoms with Crippen LogP contribution >= 0.6 is 12.2 Å². The first-order valence-corrected chi connectivity index (χ1v) is 5.61. The summed E-state index contributed by atoms with van der Waals surface area (Å²) in [5, 5.41) is 0. The zero-order valence-electron chi connectivity index (χ0n) is 9.53. The van der Waals surface area contributed by atoms with Crippen LogP contribution in [0.2, 0.25) is 0 Å². The summed E-state index contributed by atoms with van der Waals surface area (Å²) in [6, 6.07) is 0. The SMILES string of the molecule is Cc1[nH]c(-c2ncc[nH]2)nc(=S)c1C(C)C. The summed E-state index contributed by atoms with van der Waals surface area (Å²) in [5.41, 5.74) is 2.16. The topological polar surface area (TPSA) is 57.4 Å². The van der Waals surface area contributed by atoms with Gasteiger partial charge in [-0.05, 0) is 12.8 Å². The Kier molecular flexibility index (Phi) is 2.87. The van der Waals surface area contributed by atoms with Gasteiger partial charge in [-0.2, -0.15) is 0 Å². The molecule has 2 N–H and O–H groups in total. The second-order valence-corrected chi connectivity index (χ2v) is 4.41. The van der Waals surface area contributed by atoms with Crippen molar-refractivity contribution in [3.63, 3.8) is 0 Å². The zero-order chi connectivity index (χ0) is 11.7. The smallest absolute Gasteiger partial charge is 0.175 e. The number of rotatable bonds is 2. The first-order valence-electron chi connectivity index (χ1n) is 5.20. The van der Waals surface area contributed by atoms with Gasteiger partial charge < -0.3 is 9.97 Å².